The van der Waals surface area contributed by atoms with Gasteiger partial charge in [0.15, 0.2) is 0 Å². The zero-order valence-corrected chi connectivity index (χ0v) is 12.7. The Kier molecular flexibility index (Phi) is 3.03. The van der Waals surface area contributed by atoms with Crippen molar-refractivity contribution in [3.63, 3.8) is 0 Å². The van der Waals surface area contributed by atoms with Crippen molar-refractivity contribution in [3.05, 3.63) is 0 Å². The van der Waals surface area contributed by atoms with E-state index in [2.05, 4.69) is 0 Å². The number of aliphatic hydroxyl groups is 1. The number of rotatable bonds is 2. The molecule has 4 aliphatic rings. The minimum atomic E-state index is -0.843. The van der Waals surface area contributed by atoms with E-state index in [0.29, 0.717) is 19.4 Å². The summed E-state index contributed by atoms with van der Waals surface area (Å²) in [6.07, 6.45) is 0.605. The highest BCUT2D eigenvalue weighted by Gasteiger charge is 2.68. The van der Waals surface area contributed by atoms with Crippen molar-refractivity contribution < 1.29 is 24.5 Å². The molecule has 0 spiro atoms. The first-order valence-electron chi connectivity index (χ1n) is 7.55. The minimum Gasteiger partial charge on any atom is -0.481 e. The van der Waals surface area contributed by atoms with Gasteiger partial charge in [0, 0.05) is 18.5 Å². The predicted molar refractivity (Wildman–Crippen MR) is 73.6 cm³/mol. The second-order valence-corrected chi connectivity index (χ2v) is 7.74. The molecule has 3 atom stereocenters. The molecule has 2 aliphatic carbocycles. The summed E-state index contributed by atoms with van der Waals surface area (Å²) in [5, 5.41) is 19.1. The summed E-state index contributed by atoms with van der Waals surface area (Å²) in [5.41, 5.74) is -1.39. The summed E-state index contributed by atoms with van der Waals surface area (Å²) in [7, 11) is 0. The summed E-state index contributed by atoms with van der Waals surface area (Å²) in [6, 6.07) is -0.0477. The van der Waals surface area contributed by atoms with Crippen LogP contribution in [0.15, 0.2) is 0 Å². The number of aliphatic hydroxyl groups excluding tert-OH is 1. The zero-order valence-electron chi connectivity index (χ0n) is 12.7. The molecule has 2 aliphatic heterocycles. The fourth-order valence-electron chi connectivity index (χ4n) is 4.34. The first kappa shape index (κ1) is 14.6. The van der Waals surface area contributed by atoms with Gasteiger partial charge in [0.2, 0.25) is 0 Å². The Hall–Kier alpha value is -1.30. The Balaban J connectivity index is 1.73. The van der Waals surface area contributed by atoms with Crippen LogP contribution in [0.25, 0.3) is 0 Å². The van der Waals surface area contributed by atoms with Gasteiger partial charge in [0.25, 0.3) is 0 Å². The molecular formula is C15H23NO5. The lowest BCUT2D eigenvalue weighted by Crippen LogP contribution is -2.60. The van der Waals surface area contributed by atoms with Crippen LogP contribution in [0.5, 0.6) is 0 Å². The molecule has 2 bridgehead atoms. The van der Waals surface area contributed by atoms with Crippen molar-refractivity contribution in [2.75, 3.05) is 6.54 Å². The van der Waals surface area contributed by atoms with E-state index in [9.17, 15) is 19.8 Å². The van der Waals surface area contributed by atoms with Gasteiger partial charge in [-0.1, -0.05) is 0 Å². The van der Waals surface area contributed by atoms with Crippen molar-refractivity contribution in [2.24, 2.45) is 17.3 Å². The van der Waals surface area contributed by atoms with Crippen LogP contribution in [0, 0.1) is 17.3 Å². The zero-order chi connectivity index (χ0) is 15.6. The molecule has 1 unspecified atom stereocenters. The molecule has 6 heteroatoms. The van der Waals surface area contributed by atoms with Crippen LogP contribution in [-0.4, -0.2) is 51.5 Å². The van der Waals surface area contributed by atoms with Crippen LogP contribution in [0.2, 0.25) is 0 Å². The third-order valence-electron chi connectivity index (χ3n) is 5.19. The summed E-state index contributed by atoms with van der Waals surface area (Å²) >= 11 is 0. The largest absolute Gasteiger partial charge is 0.481 e. The van der Waals surface area contributed by atoms with Crippen LogP contribution in [-0.2, 0) is 9.53 Å². The van der Waals surface area contributed by atoms with E-state index in [1.165, 1.54) is 0 Å². The summed E-state index contributed by atoms with van der Waals surface area (Å²) in [5.74, 6) is -0.643. The average Bonchev–Trinajstić information content (AvgIpc) is 2.81. The van der Waals surface area contributed by atoms with Gasteiger partial charge in [-0.05, 0) is 46.0 Å². The molecule has 1 amide bonds. The molecule has 2 saturated heterocycles. The van der Waals surface area contributed by atoms with Crippen molar-refractivity contribution >= 4 is 12.1 Å². The second-order valence-electron chi connectivity index (χ2n) is 7.74. The lowest BCUT2D eigenvalue weighted by molar-refractivity contribution is -0.181. The molecule has 2 saturated carbocycles. The number of aliphatic carboxylic acids is 1. The highest BCUT2D eigenvalue weighted by Crippen LogP contribution is 2.61. The van der Waals surface area contributed by atoms with Crippen molar-refractivity contribution in [2.45, 2.75) is 57.8 Å². The summed E-state index contributed by atoms with van der Waals surface area (Å²) in [6.45, 7) is 6.05. The van der Waals surface area contributed by atoms with Crippen LogP contribution in [0.3, 0.4) is 0 Å². The number of amides is 1. The van der Waals surface area contributed by atoms with E-state index in [-0.39, 0.29) is 24.0 Å². The van der Waals surface area contributed by atoms with Gasteiger partial charge >= 0.3 is 12.1 Å². The van der Waals surface area contributed by atoms with Crippen LogP contribution < -0.4 is 0 Å². The lowest BCUT2D eigenvalue weighted by Gasteiger charge is -2.54. The van der Waals surface area contributed by atoms with E-state index >= 15 is 0 Å². The monoisotopic (exact) mass is 297 g/mol. The molecule has 0 aromatic rings. The van der Waals surface area contributed by atoms with Gasteiger partial charge in [-0.15, -0.1) is 0 Å². The SMILES string of the molecule is CC(C)(C)OC(=O)N1C[C@@H]2C[C@H]1C2C1(C(=O)O)CC(O)C1. The normalized spacial score (nSPS) is 41.2. The molecule has 0 aromatic carbocycles. The van der Waals surface area contributed by atoms with Crippen LogP contribution in [0.1, 0.15) is 40.0 Å². The fourth-order valence-corrected chi connectivity index (χ4v) is 4.34. The third kappa shape index (κ3) is 2.11. The molecular weight excluding hydrogens is 274 g/mol. The van der Waals surface area contributed by atoms with E-state index in [0.717, 1.165) is 6.42 Å². The molecule has 2 heterocycles. The van der Waals surface area contributed by atoms with Crippen molar-refractivity contribution in [1.29, 1.82) is 0 Å². The van der Waals surface area contributed by atoms with Gasteiger partial charge in [-0.2, -0.15) is 0 Å². The standard InChI is InChI=1S/C15H23NO5/c1-14(2,3)21-13(20)16-7-8-4-10(16)11(8)15(12(18)19)5-9(17)6-15/h8-11,17H,4-7H2,1-3H3,(H,18,19)/t8-,9?,10-,11?,15?/m0/s1. The van der Waals surface area contributed by atoms with Gasteiger partial charge < -0.3 is 19.8 Å². The van der Waals surface area contributed by atoms with Gasteiger partial charge in [0.1, 0.15) is 5.60 Å². The highest BCUT2D eigenvalue weighted by atomic mass is 16.6. The third-order valence-corrected chi connectivity index (χ3v) is 5.19. The molecule has 0 aromatic heterocycles. The second kappa shape index (κ2) is 4.35. The summed E-state index contributed by atoms with van der Waals surface area (Å²) < 4.78 is 5.40. The Morgan fingerprint density at radius 2 is 1.90 bits per heavy atom. The molecule has 6 nitrogen and oxygen atoms in total. The van der Waals surface area contributed by atoms with Crippen LogP contribution >= 0.6 is 0 Å². The number of hydrogen-bond donors (Lipinski definition) is 2. The van der Waals surface area contributed by atoms with Gasteiger partial charge in [-0.3, -0.25) is 4.79 Å². The maximum atomic E-state index is 12.2. The number of carboxylic acid groups (broad SMARTS) is 1. The number of carbonyl (C=O) groups is 2. The maximum absolute atomic E-state index is 12.2. The number of carboxylic acids is 1. The van der Waals surface area contributed by atoms with E-state index in [1.54, 1.807) is 4.90 Å². The van der Waals surface area contributed by atoms with Crippen LogP contribution in [0.4, 0.5) is 4.79 Å². The number of carbonyl (C=O) groups excluding carboxylic acids is 1. The molecule has 0 radical (unpaired) electrons. The molecule has 21 heavy (non-hydrogen) atoms. The Morgan fingerprint density at radius 3 is 2.38 bits per heavy atom. The number of hydrogen-bond acceptors (Lipinski definition) is 4. The Labute approximate surface area is 124 Å². The number of ether oxygens (including phenoxy) is 1. The van der Waals surface area contributed by atoms with Crippen molar-refractivity contribution in [1.82, 2.24) is 4.90 Å². The van der Waals surface area contributed by atoms with Crippen molar-refractivity contribution in [3.8, 4) is 0 Å². The molecule has 4 rings (SSSR count). The maximum Gasteiger partial charge on any atom is 0.410 e. The molecule has 118 valence electrons. The smallest absolute Gasteiger partial charge is 0.410 e. The predicted octanol–water partition coefficient (Wildman–Crippen LogP) is 1.47. The topological polar surface area (TPSA) is 87.1 Å². The number of fused-ring (bicyclic) bond motifs is 1. The average molecular weight is 297 g/mol. The molecule has 4 fully saturated rings. The Bertz CT molecular complexity index is 477. The minimum absolute atomic E-state index is 0.0362. The summed E-state index contributed by atoms with van der Waals surface area (Å²) in [4.78, 5) is 25.6. The first-order valence-corrected chi connectivity index (χ1v) is 7.55. The number of nitrogens with zero attached hydrogens (tertiary/aromatic N) is 1. The molecule has 2 N–H and O–H groups in total. The Morgan fingerprint density at radius 1 is 1.29 bits per heavy atom. The van der Waals surface area contributed by atoms with Gasteiger partial charge in [0.05, 0.1) is 11.5 Å². The van der Waals surface area contributed by atoms with E-state index in [4.69, 9.17) is 4.74 Å². The highest BCUT2D eigenvalue weighted by molar-refractivity contribution is 5.78. The first-order chi connectivity index (χ1) is 9.64. The van der Waals surface area contributed by atoms with E-state index < -0.39 is 23.1 Å². The van der Waals surface area contributed by atoms with Gasteiger partial charge in [-0.25, -0.2) is 4.79 Å². The van der Waals surface area contributed by atoms with E-state index in [1.807, 2.05) is 20.8 Å². The lowest BCUT2D eigenvalue weighted by atomic mass is 9.50. The fraction of sp³-hybridized carbons (Fsp3) is 0.867. The quantitative estimate of drug-likeness (QED) is 0.806.